The Hall–Kier alpha value is -1.13. The lowest BCUT2D eigenvalue weighted by atomic mass is 10.1. The second kappa shape index (κ2) is 5.02. The van der Waals surface area contributed by atoms with Crippen molar-refractivity contribution in [3.8, 4) is 0 Å². The van der Waals surface area contributed by atoms with Crippen LogP contribution in [-0.2, 0) is 6.42 Å². The van der Waals surface area contributed by atoms with E-state index in [2.05, 4.69) is 15.9 Å². The summed E-state index contributed by atoms with van der Waals surface area (Å²) in [5, 5.41) is 0.00816. The molecule has 2 nitrogen and oxygen atoms in total. The molecular weight excluding hydrogens is 310 g/mol. The van der Waals surface area contributed by atoms with Gasteiger partial charge in [0.05, 0.1) is 15.8 Å². The molecule has 0 atom stereocenters. The van der Waals surface area contributed by atoms with Gasteiger partial charge in [0.15, 0.2) is 5.76 Å². The van der Waals surface area contributed by atoms with Crippen molar-refractivity contribution in [3.05, 3.63) is 57.2 Å². The summed E-state index contributed by atoms with van der Waals surface area (Å²) in [4.78, 5) is 11.8. The van der Waals surface area contributed by atoms with Crippen molar-refractivity contribution in [3.63, 3.8) is 0 Å². The zero-order valence-corrected chi connectivity index (χ0v) is 10.9. The second-order valence-corrected chi connectivity index (χ2v) is 4.67. The predicted octanol–water partition coefficient (Wildman–Crippen LogP) is 4.26. The minimum Gasteiger partial charge on any atom is -0.460 e. The molecule has 2 aromatic rings. The van der Waals surface area contributed by atoms with E-state index >= 15 is 0 Å². The Balaban J connectivity index is 2.25. The summed E-state index contributed by atoms with van der Waals surface area (Å²) >= 11 is 8.81. The highest BCUT2D eigenvalue weighted by Gasteiger charge is 2.17. The van der Waals surface area contributed by atoms with Gasteiger partial charge in [-0.25, -0.2) is 4.39 Å². The molecule has 0 N–H and O–H groups in total. The van der Waals surface area contributed by atoms with Crippen molar-refractivity contribution in [1.82, 2.24) is 0 Å². The van der Waals surface area contributed by atoms with Crippen molar-refractivity contribution in [2.45, 2.75) is 6.42 Å². The van der Waals surface area contributed by atoms with E-state index in [0.717, 1.165) is 0 Å². The van der Waals surface area contributed by atoms with E-state index < -0.39 is 5.82 Å². The van der Waals surface area contributed by atoms with Crippen LogP contribution in [0.15, 0.2) is 39.4 Å². The summed E-state index contributed by atoms with van der Waals surface area (Å²) in [5.41, 5.74) is 0.255. The lowest BCUT2D eigenvalue weighted by molar-refractivity contribution is 0.0964. The number of carbonyl (C=O) groups is 1. The lowest BCUT2D eigenvalue weighted by Gasteiger charge is -2.02. The first kappa shape index (κ1) is 12.3. The number of benzene rings is 1. The van der Waals surface area contributed by atoms with Crippen molar-refractivity contribution in [2.75, 3.05) is 0 Å². The molecular formula is C12H7BrClFO2. The second-order valence-electron chi connectivity index (χ2n) is 3.41. The van der Waals surface area contributed by atoms with Gasteiger partial charge in [0.25, 0.3) is 0 Å². The molecule has 0 saturated carbocycles. The van der Waals surface area contributed by atoms with Gasteiger partial charge in [0, 0.05) is 6.42 Å². The van der Waals surface area contributed by atoms with Gasteiger partial charge >= 0.3 is 0 Å². The maximum atomic E-state index is 13.6. The zero-order valence-electron chi connectivity index (χ0n) is 8.54. The van der Waals surface area contributed by atoms with Crippen LogP contribution in [0.4, 0.5) is 4.39 Å². The third-order valence-electron chi connectivity index (χ3n) is 2.25. The fraction of sp³-hybridized carbons (Fsp3) is 0.0833. The average Bonchev–Trinajstić information content (AvgIpc) is 2.71. The standard InChI is InChI=1S/C12H7BrClFO2/c13-8-4-5-17-12(8)10(16)6-7-2-1-3-9(14)11(7)15/h1-5H,6H2. The summed E-state index contributed by atoms with van der Waals surface area (Å²) in [7, 11) is 0. The van der Waals surface area contributed by atoms with E-state index in [1.807, 2.05) is 0 Å². The maximum Gasteiger partial charge on any atom is 0.203 e. The molecule has 0 radical (unpaired) electrons. The average molecular weight is 318 g/mol. The molecule has 2 rings (SSSR count). The van der Waals surface area contributed by atoms with Crippen LogP contribution in [0.25, 0.3) is 0 Å². The molecule has 0 saturated heterocycles. The molecule has 0 fully saturated rings. The quantitative estimate of drug-likeness (QED) is 0.792. The van der Waals surface area contributed by atoms with Gasteiger partial charge in [0.2, 0.25) is 5.78 Å². The van der Waals surface area contributed by atoms with Gasteiger partial charge in [-0.3, -0.25) is 4.79 Å². The summed E-state index contributed by atoms with van der Waals surface area (Å²) in [6.45, 7) is 0. The lowest BCUT2D eigenvalue weighted by Crippen LogP contribution is -2.05. The first-order chi connectivity index (χ1) is 8.09. The summed E-state index contributed by atoms with van der Waals surface area (Å²) in [6.07, 6.45) is 1.31. The minimum atomic E-state index is -0.565. The van der Waals surface area contributed by atoms with Gasteiger partial charge in [-0.05, 0) is 33.6 Å². The molecule has 0 bridgehead atoms. The number of rotatable bonds is 3. The molecule has 1 aromatic carbocycles. The van der Waals surface area contributed by atoms with E-state index in [9.17, 15) is 9.18 Å². The van der Waals surface area contributed by atoms with Crippen LogP contribution in [0, 0.1) is 5.82 Å². The van der Waals surface area contributed by atoms with E-state index in [-0.39, 0.29) is 28.6 Å². The van der Waals surface area contributed by atoms with Crippen LogP contribution in [0.2, 0.25) is 5.02 Å². The number of furan rings is 1. The van der Waals surface area contributed by atoms with E-state index in [1.165, 1.54) is 18.4 Å². The number of hydrogen-bond donors (Lipinski definition) is 0. The molecule has 17 heavy (non-hydrogen) atoms. The highest BCUT2D eigenvalue weighted by atomic mass is 79.9. The first-order valence-corrected chi connectivity index (χ1v) is 5.95. The van der Waals surface area contributed by atoms with Crippen LogP contribution in [0.3, 0.4) is 0 Å². The molecule has 5 heteroatoms. The predicted molar refractivity (Wildman–Crippen MR) is 65.9 cm³/mol. The minimum absolute atomic E-state index is 0.00816. The number of ketones is 1. The van der Waals surface area contributed by atoms with E-state index in [1.54, 1.807) is 12.1 Å². The fourth-order valence-corrected chi connectivity index (χ4v) is 2.05. The van der Waals surface area contributed by atoms with Crippen LogP contribution in [0.1, 0.15) is 16.1 Å². The Morgan fingerprint density at radius 2 is 2.18 bits per heavy atom. The highest BCUT2D eigenvalue weighted by Crippen LogP contribution is 2.22. The Kier molecular flexibility index (Phi) is 3.64. The molecule has 0 unspecified atom stereocenters. The fourth-order valence-electron chi connectivity index (χ4n) is 1.43. The molecule has 88 valence electrons. The number of hydrogen-bond acceptors (Lipinski definition) is 2. The smallest absolute Gasteiger partial charge is 0.203 e. The number of carbonyl (C=O) groups excluding carboxylic acids is 1. The summed E-state index contributed by atoms with van der Waals surface area (Å²) in [5.74, 6) is -0.683. The Bertz CT molecular complexity index is 565. The van der Waals surface area contributed by atoms with Crippen molar-refractivity contribution >= 4 is 33.3 Å². The largest absolute Gasteiger partial charge is 0.460 e. The SMILES string of the molecule is O=C(Cc1cccc(Cl)c1F)c1occc1Br. The Morgan fingerprint density at radius 1 is 1.41 bits per heavy atom. The summed E-state index contributed by atoms with van der Waals surface area (Å²) in [6, 6.07) is 6.18. The van der Waals surface area contributed by atoms with Crippen LogP contribution >= 0.6 is 27.5 Å². The van der Waals surface area contributed by atoms with Gasteiger partial charge < -0.3 is 4.42 Å². The third kappa shape index (κ3) is 2.58. The maximum absolute atomic E-state index is 13.6. The third-order valence-corrected chi connectivity index (χ3v) is 3.17. The first-order valence-electron chi connectivity index (χ1n) is 4.78. The molecule has 0 aliphatic heterocycles. The molecule has 0 spiro atoms. The van der Waals surface area contributed by atoms with Crippen LogP contribution in [0.5, 0.6) is 0 Å². The number of halogens is 3. The van der Waals surface area contributed by atoms with Crippen molar-refractivity contribution < 1.29 is 13.6 Å². The van der Waals surface area contributed by atoms with Gasteiger partial charge in [0.1, 0.15) is 5.82 Å². The van der Waals surface area contributed by atoms with Gasteiger partial charge in [-0.2, -0.15) is 0 Å². The molecule has 0 amide bonds. The normalized spacial score (nSPS) is 10.5. The van der Waals surface area contributed by atoms with E-state index in [4.69, 9.17) is 16.0 Å². The molecule has 0 aliphatic carbocycles. The van der Waals surface area contributed by atoms with Crippen LogP contribution in [-0.4, -0.2) is 5.78 Å². The Labute approximate surface area is 111 Å². The van der Waals surface area contributed by atoms with E-state index in [0.29, 0.717) is 4.47 Å². The van der Waals surface area contributed by atoms with Crippen LogP contribution < -0.4 is 0 Å². The molecule has 1 heterocycles. The number of Topliss-reactive ketones (excluding diaryl/α,β-unsaturated/α-hetero) is 1. The topological polar surface area (TPSA) is 30.2 Å². The monoisotopic (exact) mass is 316 g/mol. The van der Waals surface area contributed by atoms with Crippen molar-refractivity contribution in [1.29, 1.82) is 0 Å². The molecule has 0 aliphatic rings. The molecule has 1 aromatic heterocycles. The van der Waals surface area contributed by atoms with Crippen molar-refractivity contribution in [2.24, 2.45) is 0 Å². The zero-order chi connectivity index (χ0) is 12.4. The van der Waals surface area contributed by atoms with Gasteiger partial charge in [-0.15, -0.1) is 0 Å². The summed E-state index contributed by atoms with van der Waals surface area (Å²) < 4.78 is 19.2. The highest BCUT2D eigenvalue weighted by molar-refractivity contribution is 9.10. The van der Waals surface area contributed by atoms with Gasteiger partial charge in [-0.1, -0.05) is 23.7 Å². The Morgan fingerprint density at radius 3 is 2.82 bits per heavy atom.